The molecule has 0 saturated heterocycles. The van der Waals surface area contributed by atoms with Crippen LogP contribution < -0.4 is 0 Å². The van der Waals surface area contributed by atoms with Gasteiger partial charge in [-0.15, -0.1) is 11.6 Å². The molecule has 0 fully saturated rings. The Morgan fingerprint density at radius 3 is 2.65 bits per heavy atom. The minimum absolute atomic E-state index is 0.0761. The first kappa shape index (κ1) is 14.3. The minimum atomic E-state index is -0.494. The molecule has 3 nitrogen and oxygen atoms in total. The first-order valence-corrected chi connectivity index (χ1v) is 6.45. The second-order valence-electron chi connectivity index (χ2n) is 3.93. The molecule has 0 N–H and O–H groups in total. The Hall–Kier alpha value is -0.800. The van der Waals surface area contributed by atoms with Crippen molar-refractivity contribution >= 4 is 28.9 Å². The van der Waals surface area contributed by atoms with Gasteiger partial charge in [0.2, 0.25) is 0 Å². The van der Waals surface area contributed by atoms with Gasteiger partial charge in [-0.25, -0.2) is 0 Å². The van der Waals surface area contributed by atoms with Gasteiger partial charge in [0.05, 0.1) is 10.3 Å². The SMILES string of the molecule is CCCCCC(Cl)c1ccc([N+](=O)[O-])c(Cl)c1. The van der Waals surface area contributed by atoms with Crippen molar-refractivity contribution in [3.05, 3.63) is 38.9 Å². The second-order valence-corrected chi connectivity index (χ2v) is 4.87. The van der Waals surface area contributed by atoms with E-state index in [2.05, 4.69) is 6.92 Å². The number of benzene rings is 1. The molecule has 1 aromatic rings. The van der Waals surface area contributed by atoms with Gasteiger partial charge in [-0.3, -0.25) is 10.1 Å². The molecule has 0 amide bonds. The van der Waals surface area contributed by atoms with Crippen LogP contribution in [-0.4, -0.2) is 4.92 Å². The molecule has 5 heteroatoms. The monoisotopic (exact) mass is 275 g/mol. The summed E-state index contributed by atoms with van der Waals surface area (Å²) in [6, 6.07) is 4.67. The van der Waals surface area contributed by atoms with E-state index in [-0.39, 0.29) is 16.1 Å². The van der Waals surface area contributed by atoms with E-state index in [1.165, 1.54) is 6.07 Å². The van der Waals surface area contributed by atoms with Gasteiger partial charge in [0.25, 0.3) is 5.69 Å². The standard InChI is InChI=1S/C12H15Cl2NO2/c1-2-3-4-5-10(13)9-6-7-12(15(16)17)11(14)8-9/h6-8,10H,2-5H2,1H3. The average Bonchev–Trinajstić information content (AvgIpc) is 2.28. The highest BCUT2D eigenvalue weighted by Gasteiger charge is 2.15. The fourth-order valence-electron chi connectivity index (χ4n) is 1.61. The number of hydrogen-bond donors (Lipinski definition) is 0. The molecular weight excluding hydrogens is 261 g/mol. The Morgan fingerprint density at radius 1 is 1.41 bits per heavy atom. The largest absolute Gasteiger partial charge is 0.287 e. The summed E-state index contributed by atoms with van der Waals surface area (Å²) in [6.45, 7) is 2.13. The molecule has 0 spiro atoms. The summed E-state index contributed by atoms with van der Waals surface area (Å²) in [4.78, 5) is 10.1. The summed E-state index contributed by atoms with van der Waals surface area (Å²) in [5.41, 5.74) is 0.770. The third-order valence-electron chi connectivity index (χ3n) is 2.59. The molecule has 1 aromatic carbocycles. The van der Waals surface area contributed by atoms with Crippen LogP contribution in [0.4, 0.5) is 5.69 Å². The molecule has 0 aliphatic rings. The molecule has 0 saturated carbocycles. The summed E-state index contributed by atoms with van der Waals surface area (Å²) < 4.78 is 0. The van der Waals surface area contributed by atoms with Crippen molar-refractivity contribution in [2.75, 3.05) is 0 Å². The molecule has 1 atom stereocenters. The topological polar surface area (TPSA) is 43.1 Å². The number of nitrogens with zero attached hydrogens (tertiary/aromatic N) is 1. The molecule has 0 radical (unpaired) electrons. The lowest BCUT2D eigenvalue weighted by molar-refractivity contribution is -0.384. The highest BCUT2D eigenvalue weighted by atomic mass is 35.5. The number of halogens is 2. The normalized spacial score (nSPS) is 12.4. The Bertz CT molecular complexity index is 396. The molecule has 0 aliphatic heterocycles. The quantitative estimate of drug-likeness (QED) is 0.313. The van der Waals surface area contributed by atoms with Crippen molar-refractivity contribution < 1.29 is 4.92 Å². The number of unbranched alkanes of at least 4 members (excludes halogenated alkanes) is 2. The van der Waals surface area contributed by atoms with Gasteiger partial charge in [0, 0.05) is 6.07 Å². The zero-order valence-corrected chi connectivity index (χ0v) is 11.2. The molecule has 0 aliphatic carbocycles. The summed E-state index contributed by atoms with van der Waals surface area (Å²) >= 11 is 12.0. The Labute approximate surface area is 111 Å². The molecule has 1 unspecified atom stereocenters. The zero-order valence-electron chi connectivity index (χ0n) is 9.66. The van der Waals surface area contributed by atoms with Crippen LogP contribution in [0.15, 0.2) is 18.2 Å². The van der Waals surface area contributed by atoms with E-state index >= 15 is 0 Å². The maximum Gasteiger partial charge on any atom is 0.287 e. The smallest absolute Gasteiger partial charge is 0.258 e. The predicted octanol–water partition coefficient (Wildman–Crippen LogP) is 5.11. The van der Waals surface area contributed by atoms with Gasteiger partial charge >= 0.3 is 0 Å². The van der Waals surface area contributed by atoms with Gasteiger partial charge in [0.1, 0.15) is 5.02 Å². The van der Waals surface area contributed by atoms with Crippen LogP contribution in [0, 0.1) is 10.1 Å². The fraction of sp³-hybridized carbons (Fsp3) is 0.500. The average molecular weight is 276 g/mol. The van der Waals surface area contributed by atoms with Gasteiger partial charge in [-0.05, 0) is 18.1 Å². The molecule has 0 heterocycles. The van der Waals surface area contributed by atoms with Crippen molar-refractivity contribution in [1.29, 1.82) is 0 Å². The first-order valence-electron chi connectivity index (χ1n) is 5.64. The zero-order chi connectivity index (χ0) is 12.8. The summed E-state index contributed by atoms with van der Waals surface area (Å²) in [5, 5.41) is 10.6. The lowest BCUT2D eigenvalue weighted by Gasteiger charge is -2.09. The van der Waals surface area contributed by atoms with E-state index in [1.807, 2.05) is 0 Å². The van der Waals surface area contributed by atoms with Crippen molar-refractivity contribution in [1.82, 2.24) is 0 Å². The Kier molecular flexibility index (Phi) is 5.72. The van der Waals surface area contributed by atoms with Crippen molar-refractivity contribution in [2.24, 2.45) is 0 Å². The van der Waals surface area contributed by atoms with E-state index in [0.717, 1.165) is 31.2 Å². The van der Waals surface area contributed by atoms with E-state index in [0.29, 0.717) is 0 Å². The minimum Gasteiger partial charge on any atom is -0.258 e. The molecule has 0 aromatic heterocycles. The number of nitro groups is 1. The highest BCUT2D eigenvalue weighted by molar-refractivity contribution is 6.32. The van der Waals surface area contributed by atoms with Crippen LogP contribution >= 0.6 is 23.2 Å². The van der Waals surface area contributed by atoms with Crippen LogP contribution in [0.25, 0.3) is 0 Å². The third kappa shape index (κ3) is 4.17. The van der Waals surface area contributed by atoms with E-state index in [4.69, 9.17) is 23.2 Å². The van der Waals surface area contributed by atoms with Gasteiger partial charge in [-0.1, -0.05) is 43.9 Å². The molecule has 0 bridgehead atoms. The number of nitro benzene ring substituents is 1. The molecule has 94 valence electrons. The lowest BCUT2D eigenvalue weighted by Crippen LogP contribution is -1.94. The van der Waals surface area contributed by atoms with Crippen molar-refractivity contribution in [3.8, 4) is 0 Å². The van der Waals surface area contributed by atoms with Crippen LogP contribution in [0.2, 0.25) is 5.02 Å². The molecule has 1 rings (SSSR count). The Morgan fingerprint density at radius 2 is 2.12 bits per heavy atom. The van der Waals surface area contributed by atoms with Crippen molar-refractivity contribution in [2.45, 2.75) is 38.0 Å². The predicted molar refractivity (Wildman–Crippen MR) is 70.8 cm³/mol. The van der Waals surface area contributed by atoms with E-state index in [1.54, 1.807) is 12.1 Å². The summed E-state index contributed by atoms with van der Waals surface area (Å²) in [6.07, 6.45) is 4.21. The third-order valence-corrected chi connectivity index (χ3v) is 3.36. The van der Waals surface area contributed by atoms with Crippen LogP contribution in [0.1, 0.15) is 43.5 Å². The number of hydrogen-bond acceptors (Lipinski definition) is 2. The van der Waals surface area contributed by atoms with Gasteiger partial charge in [0.15, 0.2) is 0 Å². The maximum absolute atomic E-state index is 10.6. The van der Waals surface area contributed by atoms with Gasteiger partial charge < -0.3 is 0 Å². The first-order chi connectivity index (χ1) is 8.06. The maximum atomic E-state index is 10.6. The van der Waals surface area contributed by atoms with Crippen molar-refractivity contribution in [3.63, 3.8) is 0 Å². The van der Waals surface area contributed by atoms with Crippen LogP contribution in [0.5, 0.6) is 0 Å². The van der Waals surface area contributed by atoms with Gasteiger partial charge in [-0.2, -0.15) is 0 Å². The second kappa shape index (κ2) is 6.82. The molecular formula is C12H15Cl2NO2. The van der Waals surface area contributed by atoms with E-state index in [9.17, 15) is 10.1 Å². The molecule has 17 heavy (non-hydrogen) atoms. The highest BCUT2D eigenvalue weighted by Crippen LogP contribution is 2.32. The lowest BCUT2D eigenvalue weighted by atomic mass is 10.1. The Balaban J connectivity index is 2.72. The summed E-state index contributed by atoms with van der Waals surface area (Å²) in [7, 11) is 0. The van der Waals surface area contributed by atoms with Crippen LogP contribution in [0.3, 0.4) is 0 Å². The summed E-state index contributed by atoms with van der Waals surface area (Å²) in [5.74, 6) is 0. The fourth-order valence-corrected chi connectivity index (χ4v) is 2.15. The van der Waals surface area contributed by atoms with Crippen LogP contribution in [-0.2, 0) is 0 Å². The number of alkyl halides is 1. The van der Waals surface area contributed by atoms with E-state index < -0.39 is 4.92 Å². The number of rotatable bonds is 6.